The topological polar surface area (TPSA) is 71.5 Å². The third-order valence-electron chi connectivity index (χ3n) is 4.41. The maximum atomic E-state index is 12.4. The fourth-order valence-electron chi connectivity index (χ4n) is 3.15. The van der Waals surface area contributed by atoms with Crippen LogP contribution in [0.25, 0.3) is 0 Å². The van der Waals surface area contributed by atoms with Crippen LogP contribution in [0, 0.1) is 6.92 Å². The molecule has 2 heterocycles. The molecule has 2 aliphatic rings. The van der Waals surface area contributed by atoms with Gasteiger partial charge < -0.3 is 15.0 Å². The number of aromatic nitrogens is 1. The summed E-state index contributed by atoms with van der Waals surface area (Å²) in [5.41, 5.74) is 0.802. The van der Waals surface area contributed by atoms with E-state index in [-0.39, 0.29) is 17.9 Å². The van der Waals surface area contributed by atoms with Gasteiger partial charge in [-0.3, -0.25) is 9.59 Å². The van der Waals surface area contributed by atoms with Gasteiger partial charge in [-0.25, -0.2) is 4.98 Å². The van der Waals surface area contributed by atoms with Gasteiger partial charge in [0.25, 0.3) is 5.91 Å². The van der Waals surface area contributed by atoms with Crippen molar-refractivity contribution in [3.05, 3.63) is 16.1 Å². The summed E-state index contributed by atoms with van der Waals surface area (Å²) in [4.78, 5) is 30.7. The van der Waals surface area contributed by atoms with E-state index in [1.807, 2.05) is 12.3 Å². The van der Waals surface area contributed by atoms with Crippen molar-refractivity contribution in [2.45, 2.75) is 51.2 Å². The highest BCUT2D eigenvalue weighted by atomic mass is 32.1. The van der Waals surface area contributed by atoms with E-state index in [0.717, 1.165) is 23.5 Å². The van der Waals surface area contributed by atoms with Gasteiger partial charge in [0.2, 0.25) is 5.91 Å². The van der Waals surface area contributed by atoms with Crippen LogP contribution in [-0.4, -0.2) is 53.5 Å². The van der Waals surface area contributed by atoms with Gasteiger partial charge >= 0.3 is 0 Å². The normalized spacial score (nSPS) is 22.3. The zero-order chi connectivity index (χ0) is 16.2. The molecule has 1 atom stereocenters. The molecule has 2 amide bonds. The summed E-state index contributed by atoms with van der Waals surface area (Å²) >= 11 is 1.55. The number of carbonyl (C=O) groups excluding carboxylic acids is 2. The van der Waals surface area contributed by atoms with Crippen LogP contribution in [-0.2, 0) is 20.7 Å². The SMILES string of the molecule is Cc1nc(CC(=O)N2CCO[C@H](C(=O)NC3CCCC3)C2)cs1. The number of hydrogen-bond acceptors (Lipinski definition) is 5. The first kappa shape index (κ1) is 16.4. The van der Waals surface area contributed by atoms with E-state index in [0.29, 0.717) is 26.1 Å². The van der Waals surface area contributed by atoms with Crippen LogP contribution in [0.3, 0.4) is 0 Å². The van der Waals surface area contributed by atoms with Crippen molar-refractivity contribution in [1.82, 2.24) is 15.2 Å². The summed E-state index contributed by atoms with van der Waals surface area (Å²) in [7, 11) is 0. The van der Waals surface area contributed by atoms with Gasteiger partial charge in [-0.1, -0.05) is 12.8 Å². The van der Waals surface area contributed by atoms with Crippen molar-refractivity contribution < 1.29 is 14.3 Å². The molecule has 0 unspecified atom stereocenters. The monoisotopic (exact) mass is 337 g/mol. The van der Waals surface area contributed by atoms with Crippen LogP contribution in [0.1, 0.15) is 36.4 Å². The highest BCUT2D eigenvalue weighted by Crippen LogP contribution is 2.18. The molecular weight excluding hydrogens is 314 g/mol. The molecule has 1 N–H and O–H groups in total. The summed E-state index contributed by atoms with van der Waals surface area (Å²) in [5.74, 6) is -0.0730. The highest BCUT2D eigenvalue weighted by Gasteiger charge is 2.31. The minimum Gasteiger partial charge on any atom is -0.365 e. The zero-order valence-electron chi connectivity index (χ0n) is 13.4. The predicted octanol–water partition coefficient (Wildman–Crippen LogP) is 1.28. The van der Waals surface area contributed by atoms with Crippen molar-refractivity contribution in [2.24, 2.45) is 0 Å². The number of rotatable bonds is 4. The summed E-state index contributed by atoms with van der Waals surface area (Å²) < 4.78 is 5.57. The van der Waals surface area contributed by atoms with Crippen molar-refractivity contribution >= 4 is 23.2 Å². The van der Waals surface area contributed by atoms with E-state index in [9.17, 15) is 9.59 Å². The maximum absolute atomic E-state index is 12.4. The second kappa shape index (κ2) is 7.40. The van der Waals surface area contributed by atoms with E-state index in [1.54, 1.807) is 16.2 Å². The second-order valence-electron chi connectivity index (χ2n) is 6.22. The third kappa shape index (κ3) is 4.29. The first-order chi connectivity index (χ1) is 11.1. The molecule has 1 saturated carbocycles. The van der Waals surface area contributed by atoms with Crippen LogP contribution in [0.15, 0.2) is 5.38 Å². The minimum atomic E-state index is -0.550. The Morgan fingerprint density at radius 1 is 1.43 bits per heavy atom. The number of thiazole rings is 1. The van der Waals surface area contributed by atoms with Gasteiger partial charge in [0.15, 0.2) is 6.10 Å². The van der Waals surface area contributed by atoms with E-state index in [1.165, 1.54) is 12.8 Å². The summed E-state index contributed by atoms with van der Waals surface area (Å²) in [6.45, 7) is 3.21. The number of hydrogen-bond donors (Lipinski definition) is 1. The Balaban J connectivity index is 1.52. The largest absolute Gasteiger partial charge is 0.365 e. The summed E-state index contributed by atoms with van der Waals surface area (Å²) in [6, 6.07) is 0.273. The van der Waals surface area contributed by atoms with Gasteiger partial charge in [0, 0.05) is 18.0 Å². The Morgan fingerprint density at radius 2 is 2.22 bits per heavy atom. The van der Waals surface area contributed by atoms with E-state index in [2.05, 4.69) is 10.3 Å². The van der Waals surface area contributed by atoms with Crippen LogP contribution < -0.4 is 5.32 Å². The number of amides is 2. The fraction of sp³-hybridized carbons (Fsp3) is 0.688. The lowest BCUT2D eigenvalue weighted by atomic mass is 10.2. The standard InChI is InChI=1S/C16H23N3O3S/c1-11-17-13(10-23-11)8-15(20)19-6-7-22-14(9-19)16(21)18-12-4-2-3-5-12/h10,12,14H,2-9H2,1H3,(H,18,21)/t14-/m0/s1. The number of carbonyl (C=O) groups is 2. The fourth-order valence-corrected chi connectivity index (χ4v) is 3.77. The summed E-state index contributed by atoms with van der Waals surface area (Å²) in [6.07, 6.45) is 4.18. The molecule has 1 aliphatic carbocycles. The maximum Gasteiger partial charge on any atom is 0.251 e. The lowest BCUT2D eigenvalue weighted by molar-refractivity contribution is -0.147. The van der Waals surface area contributed by atoms with Crippen LogP contribution in [0.4, 0.5) is 0 Å². The molecule has 1 aliphatic heterocycles. The smallest absolute Gasteiger partial charge is 0.251 e. The molecule has 3 rings (SSSR count). The zero-order valence-corrected chi connectivity index (χ0v) is 14.2. The average Bonchev–Trinajstić information content (AvgIpc) is 3.19. The first-order valence-corrected chi connectivity index (χ1v) is 9.10. The molecule has 0 bridgehead atoms. The Morgan fingerprint density at radius 3 is 2.91 bits per heavy atom. The van der Waals surface area contributed by atoms with Gasteiger partial charge in [0.1, 0.15) is 0 Å². The van der Waals surface area contributed by atoms with E-state index < -0.39 is 6.10 Å². The summed E-state index contributed by atoms with van der Waals surface area (Å²) in [5, 5.41) is 5.92. The molecule has 1 aromatic rings. The van der Waals surface area contributed by atoms with Crippen molar-refractivity contribution in [1.29, 1.82) is 0 Å². The quantitative estimate of drug-likeness (QED) is 0.898. The molecule has 7 heteroatoms. The number of aryl methyl sites for hydroxylation is 1. The van der Waals surface area contributed by atoms with Gasteiger partial charge in [-0.2, -0.15) is 0 Å². The molecule has 126 valence electrons. The molecule has 0 spiro atoms. The van der Waals surface area contributed by atoms with E-state index in [4.69, 9.17) is 4.74 Å². The highest BCUT2D eigenvalue weighted by molar-refractivity contribution is 7.09. The van der Waals surface area contributed by atoms with Crippen molar-refractivity contribution in [3.63, 3.8) is 0 Å². The van der Waals surface area contributed by atoms with Gasteiger partial charge in [-0.05, 0) is 19.8 Å². The minimum absolute atomic E-state index is 0.0114. The molecule has 2 fully saturated rings. The Labute approximate surface area is 140 Å². The molecule has 0 radical (unpaired) electrons. The third-order valence-corrected chi connectivity index (χ3v) is 5.23. The Kier molecular flexibility index (Phi) is 5.27. The molecule has 1 saturated heterocycles. The molecule has 1 aromatic heterocycles. The number of ether oxygens (including phenoxy) is 1. The molecule has 23 heavy (non-hydrogen) atoms. The number of nitrogens with one attached hydrogen (secondary N) is 1. The molecular formula is C16H23N3O3S. The van der Waals surface area contributed by atoms with Crippen molar-refractivity contribution in [2.75, 3.05) is 19.7 Å². The molecule has 6 nitrogen and oxygen atoms in total. The van der Waals surface area contributed by atoms with Gasteiger partial charge in [-0.15, -0.1) is 11.3 Å². The van der Waals surface area contributed by atoms with Crippen LogP contribution in [0.5, 0.6) is 0 Å². The van der Waals surface area contributed by atoms with Crippen LogP contribution >= 0.6 is 11.3 Å². The van der Waals surface area contributed by atoms with Gasteiger partial charge in [0.05, 0.1) is 30.3 Å². The van der Waals surface area contributed by atoms with E-state index >= 15 is 0 Å². The van der Waals surface area contributed by atoms with Crippen molar-refractivity contribution in [3.8, 4) is 0 Å². The predicted molar refractivity (Wildman–Crippen MR) is 87.3 cm³/mol. The average molecular weight is 337 g/mol. The van der Waals surface area contributed by atoms with Crippen LogP contribution in [0.2, 0.25) is 0 Å². The molecule has 0 aromatic carbocycles. The Bertz CT molecular complexity index is 569. The lowest BCUT2D eigenvalue weighted by Crippen LogP contribution is -2.53. The lowest BCUT2D eigenvalue weighted by Gasteiger charge is -2.32. The number of nitrogens with zero attached hydrogens (tertiary/aromatic N) is 2. The first-order valence-electron chi connectivity index (χ1n) is 8.22. The number of morpholine rings is 1. The Hall–Kier alpha value is -1.47. The second-order valence-corrected chi connectivity index (χ2v) is 7.29.